The number of piperidine rings is 2. The summed E-state index contributed by atoms with van der Waals surface area (Å²) in [4.78, 5) is 61.9. The van der Waals surface area contributed by atoms with Crippen LogP contribution in [0.1, 0.15) is 52.7 Å². The first-order chi connectivity index (χ1) is 28.3. The van der Waals surface area contributed by atoms with Crippen molar-refractivity contribution in [3.8, 4) is 5.75 Å². The zero-order valence-corrected chi connectivity index (χ0v) is 36.1. The van der Waals surface area contributed by atoms with Gasteiger partial charge in [-0.2, -0.15) is 4.98 Å². The second-order valence-corrected chi connectivity index (χ2v) is 19.7. The smallest absolute Gasteiger partial charge is 0.255 e. The monoisotopic (exact) mass is 880 g/mol. The summed E-state index contributed by atoms with van der Waals surface area (Å²) in [5.41, 5.74) is 7.46. The fourth-order valence-electron chi connectivity index (χ4n) is 8.41. The molecular formula is C42H46BrN10O5P. The van der Waals surface area contributed by atoms with Crippen LogP contribution in [0.5, 0.6) is 5.75 Å². The molecule has 0 radical (unpaired) electrons. The molecule has 59 heavy (non-hydrogen) atoms. The van der Waals surface area contributed by atoms with Crippen molar-refractivity contribution in [3.05, 3.63) is 87.8 Å². The number of fused-ring (bicyclic) bond motifs is 2. The lowest BCUT2D eigenvalue weighted by molar-refractivity contribution is -0.136. The first kappa shape index (κ1) is 40.3. The SMILES string of the molecule is COc1cc(N2CCC(N(C)Cc3ccc4c(c3)CN(C3CCC(=O)NC3=O)C4=O)CC2)c(C)cc1Nc1ncc(Br)c(Nc2ccc3nccnc3c2P(C)(C)=O)n1. The van der Waals surface area contributed by atoms with Gasteiger partial charge in [-0.05, 0) is 103 Å². The number of halogens is 1. The number of methoxy groups -OCH3 is 1. The number of ether oxygens (including phenoxy) is 1. The van der Waals surface area contributed by atoms with Gasteiger partial charge in [-0.25, -0.2) is 4.98 Å². The third-order valence-electron chi connectivity index (χ3n) is 11.4. The Morgan fingerprint density at radius 1 is 0.983 bits per heavy atom. The average Bonchev–Trinajstić information content (AvgIpc) is 3.53. The van der Waals surface area contributed by atoms with E-state index < -0.39 is 19.1 Å². The highest BCUT2D eigenvalue weighted by molar-refractivity contribution is 9.10. The molecule has 8 rings (SSSR count). The lowest BCUT2D eigenvalue weighted by Crippen LogP contribution is -2.52. The molecule has 0 aliphatic carbocycles. The van der Waals surface area contributed by atoms with Gasteiger partial charge in [0.25, 0.3) is 5.91 Å². The van der Waals surface area contributed by atoms with Gasteiger partial charge < -0.3 is 29.7 Å². The van der Waals surface area contributed by atoms with E-state index in [4.69, 9.17) is 9.72 Å². The summed E-state index contributed by atoms with van der Waals surface area (Å²) in [5, 5.41) is 9.67. The number of amides is 3. The zero-order chi connectivity index (χ0) is 41.6. The van der Waals surface area contributed by atoms with Gasteiger partial charge in [0.2, 0.25) is 17.8 Å². The van der Waals surface area contributed by atoms with Crippen LogP contribution < -0.4 is 30.9 Å². The molecule has 3 aromatic carbocycles. The fourth-order valence-corrected chi connectivity index (χ4v) is 10.1. The predicted molar refractivity (Wildman–Crippen MR) is 232 cm³/mol. The van der Waals surface area contributed by atoms with Crippen LogP contribution in [0.25, 0.3) is 11.0 Å². The summed E-state index contributed by atoms with van der Waals surface area (Å²) in [6, 6.07) is 13.5. The number of hydrogen-bond acceptors (Lipinski definition) is 13. The molecular weight excluding hydrogens is 835 g/mol. The molecule has 0 saturated carbocycles. The van der Waals surface area contributed by atoms with Crippen LogP contribution in [0, 0.1) is 6.92 Å². The molecule has 5 heterocycles. The number of aromatic nitrogens is 4. The molecule has 306 valence electrons. The second-order valence-electron chi connectivity index (χ2n) is 15.7. The molecule has 15 nitrogen and oxygen atoms in total. The van der Waals surface area contributed by atoms with Crippen LogP contribution in [0.2, 0.25) is 0 Å². The summed E-state index contributed by atoms with van der Waals surface area (Å²) in [6.07, 6.45) is 7.42. The molecule has 1 unspecified atom stereocenters. The van der Waals surface area contributed by atoms with Crippen molar-refractivity contribution in [2.75, 3.05) is 56.1 Å². The number of carbonyl (C=O) groups excluding carboxylic acids is 3. The summed E-state index contributed by atoms with van der Waals surface area (Å²) in [5.74, 6) is 0.654. The third-order valence-corrected chi connectivity index (χ3v) is 13.5. The van der Waals surface area contributed by atoms with Crippen LogP contribution >= 0.6 is 23.1 Å². The quantitative estimate of drug-likeness (QED) is 0.103. The van der Waals surface area contributed by atoms with Gasteiger partial charge in [0.15, 0.2) is 0 Å². The van der Waals surface area contributed by atoms with Crippen molar-refractivity contribution < 1.29 is 23.7 Å². The van der Waals surface area contributed by atoms with E-state index in [2.05, 4.69) is 88.8 Å². The van der Waals surface area contributed by atoms with E-state index in [1.807, 2.05) is 24.3 Å². The summed E-state index contributed by atoms with van der Waals surface area (Å²) < 4.78 is 20.0. The maximum absolute atomic E-state index is 13.5. The maximum Gasteiger partial charge on any atom is 0.255 e. The van der Waals surface area contributed by atoms with Crippen LogP contribution in [-0.4, -0.2) is 100 Å². The van der Waals surface area contributed by atoms with E-state index in [-0.39, 0.29) is 18.2 Å². The van der Waals surface area contributed by atoms with Crippen LogP contribution in [0.3, 0.4) is 0 Å². The van der Waals surface area contributed by atoms with Gasteiger partial charge in [0.1, 0.15) is 30.3 Å². The molecule has 3 aliphatic heterocycles. The lowest BCUT2D eigenvalue weighted by Gasteiger charge is -2.38. The Labute approximate surface area is 350 Å². The number of nitrogens with one attached hydrogen (secondary N) is 3. The number of rotatable bonds is 11. The molecule has 3 amide bonds. The van der Waals surface area contributed by atoms with E-state index in [0.717, 1.165) is 60.5 Å². The predicted octanol–water partition coefficient (Wildman–Crippen LogP) is 6.10. The number of benzene rings is 3. The first-order valence-corrected chi connectivity index (χ1v) is 22.9. The summed E-state index contributed by atoms with van der Waals surface area (Å²) >= 11 is 3.57. The Kier molecular flexibility index (Phi) is 11.2. The number of nitrogens with zero attached hydrogens (tertiary/aromatic N) is 7. The summed E-state index contributed by atoms with van der Waals surface area (Å²) in [7, 11) is 1.02. The van der Waals surface area contributed by atoms with Crippen LogP contribution in [-0.2, 0) is 27.2 Å². The average molecular weight is 882 g/mol. The van der Waals surface area contributed by atoms with Gasteiger partial charge in [-0.1, -0.05) is 12.1 Å². The van der Waals surface area contributed by atoms with Gasteiger partial charge in [0, 0.05) is 74.5 Å². The molecule has 0 spiro atoms. The highest BCUT2D eigenvalue weighted by atomic mass is 79.9. The lowest BCUT2D eigenvalue weighted by atomic mass is 10.00. The molecule has 2 aromatic heterocycles. The minimum absolute atomic E-state index is 0.156. The van der Waals surface area contributed by atoms with Crippen molar-refractivity contribution in [3.63, 3.8) is 0 Å². The van der Waals surface area contributed by atoms with Gasteiger partial charge in [-0.3, -0.25) is 34.6 Å². The maximum atomic E-state index is 13.5. The second kappa shape index (κ2) is 16.3. The Morgan fingerprint density at radius 3 is 2.51 bits per heavy atom. The topological polar surface area (TPSA) is 175 Å². The molecule has 3 aliphatic rings. The normalized spacial score (nSPS) is 17.4. The van der Waals surface area contributed by atoms with E-state index in [1.165, 1.54) is 0 Å². The van der Waals surface area contributed by atoms with E-state index in [1.54, 1.807) is 43.9 Å². The van der Waals surface area contributed by atoms with Gasteiger partial charge >= 0.3 is 0 Å². The van der Waals surface area contributed by atoms with Crippen LogP contribution in [0.4, 0.5) is 28.8 Å². The molecule has 17 heteroatoms. The van der Waals surface area contributed by atoms with Gasteiger partial charge in [-0.15, -0.1) is 0 Å². The Morgan fingerprint density at radius 2 is 1.76 bits per heavy atom. The van der Waals surface area contributed by atoms with Crippen molar-refractivity contribution in [1.82, 2.24) is 35.1 Å². The molecule has 2 saturated heterocycles. The fraction of sp³-hybridized carbons (Fsp3) is 0.357. The molecule has 0 bridgehead atoms. The molecule has 1 atom stereocenters. The number of imide groups is 1. The van der Waals surface area contributed by atoms with E-state index in [0.29, 0.717) is 68.6 Å². The van der Waals surface area contributed by atoms with E-state index >= 15 is 0 Å². The zero-order valence-electron chi connectivity index (χ0n) is 33.6. The minimum atomic E-state index is -2.78. The first-order valence-electron chi connectivity index (χ1n) is 19.5. The number of carbonyl (C=O) groups is 3. The largest absolute Gasteiger partial charge is 0.494 e. The Hall–Kier alpha value is -5.44. The van der Waals surface area contributed by atoms with Gasteiger partial charge in [0.05, 0.1) is 33.8 Å². The molecule has 3 N–H and O–H groups in total. The van der Waals surface area contributed by atoms with Crippen molar-refractivity contribution >= 4 is 86.0 Å². The number of anilines is 5. The van der Waals surface area contributed by atoms with Crippen molar-refractivity contribution in [1.29, 1.82) is 0 Å². The Balaban J connectivity index is 0.913. The highest BCUT2D eigenvalue weighted by Crippen LogP contribution is 2.42. The molecule has 5 aromatic rings. The minimum Gasteiger partial charge on any atom is -0.494 e. The van der Waals surface area contributed by atoms with Crippen LogP contribution in [0.15, 0.2) is 65.5 Å². The standard InChI is InChI=1S/C42H46BrN10O5P/c1-24-18-32(48-42-46-21-29(43)39(50-42)47-31-9-8-30-37(45-15-14-44-30)38(31)59(4,5)57)35(58-3)20-34(24)52-16-12-27(13-17-52)51(2)22-25-6-7-28-26(19-25)23-53(41(28)56)33-10-11-36(54)49-40(33)55/h6-9,14-15,18-21,27,33H,10-13,16-17,22-23H2,1-5H3,(H,49,54,55)(H2,46,47,48,50). The van der Waals surface area contributed by atoms with E-state index in [9.17, 15) is 18.9 Å². The van der Waals surface area contributed by atoms with Crippen molar-refractivity contribution in [2.24, 2.45) is 0 Å². The highest BCUT2D eigenvalue weighted by Gasteiger charge is 2.39. The molecule has 2 fully saturated rings. The Bertz CT molecular complexity index is 2540. The summed E-state index contributed by atoms with van der Waals surface area (Å²) in [6.45, 7) is 8.38. The number of hydrogen-bond donors (Lipinski definition) is 3. The third kappa shape index (κ3) is 8.26. The number of aryl methyl sites for hydroxylation is 1. The van der Waals surface area contributed by atoms with Crippen molar-refractivity contribution in [2.45, 2.75) is 57.8 Å².